The largest absolute Gasteiger partial charge is 0.365 e. The van der Waals surface area contributed by atoms with Crippen molar-refractivity contribution < 1.29 is 13.6 Å². The zero-order valence-corrected chi connectivity index (χ0v) is 17.3. The average molecular weight is 430 g/mol. The quantitative estimate of drug-likeness (QED) is 0.452. The first-order valence-corrected chi connectivity index (χ1v) is 9.61. The zero-order valence-electron chi connectivity index (χ0n) is 17.3. The summed E-state index contributed by atoms with van der Waals surface area (Å²) in [6.45, 7) is 1.47. The van der Waals surface area contributed by atoms with E-state index in [-0.39, 0.29) is 29.4 Å². The van der Waals surface area contributed by atoms with Gasteiger partial charge < -0.3 is 21.3 Å². The Balaban J connectivity index is 1.73. The smallest absolute Gasteiger partial charge is 0.254 e. The van der Waals surface area contributed by atoms with Crippen molar-refractivity contribution in [3.05, 3.63) is 59.6 Å². The van der Waals surface area contributed by atoms with Crippen LogP contribution in [0.5, 0.6) is 0 Å². The molecule has 0 aliphatic rings. The van der Waals surface area contributed by atoms with Crippen LogP contribution in [0.2, 0.25) is 0 Å². The Morgan fingerprint density at radius 3 is 2.65 bits per heavy atom. The van der Waals surface area contributed by atoms with Crippen LogP contribution in [0.4, 0.5) is 26.2 Å². The van der Waals surface area contributed by atoms with Crippen LogP contribution in [0, 0.1) is 11.6 Å². The van der Waals surface area contributed by atoms with Gasteiger partial charge in [0.2, 0.25) is 5.95 Å². The lowest BCUT2D eigenvalue weighted by atomic mass is 10.2. The number of rotatable bonds is 10. The van der Waals surface area contributed by atoms with Crippen LogP contribution in [-0.4, -0.2) is 51.2 Å². The van der Waals surface area contributed by atoms with Gasteiger partial charge in [0.05, 0.1) is 17.4 Å². The third-order valence-corrected chi connectivity index (χ3v) is 4.43. The minimum atomic E-state index is -0.767. The summed E-state index contributed by atoms with van der Waals surface area (Å²) in [5, 5.41) is 10.0. The summed E-state index contributed by atoms with van der Waals surface area (Å²) in [5.41, 5.74) is 5.85. The van der Waals surface area contributed by atoms with E-state index in [1.54, 1.807) is 10.9 Å². The van der Waals surface area contributed by atoms with Gasteiger partial charge in [-0.15, -0.1) is 0 Å². The number of halogens is 2. The second-order valence-electron chi connectivity index (χ2n) is 7.15. The third-order valence-electron chi connectivity index (χ3n) is 4.43. The first kappa shape index (κ1) is 22.1. The van der Waals surface area contributed by atoms with E-state index in [9.17, 15) is 13.6 Å². The standard InChI is InChI=1S/C20H24F2N8O/c1-29(2)7-4-8-30-12-13(9-26-30)27-20-25-11-15(18(23)31)19(28-20)24-10-14-16(21)5-3-6-17(14)22/h3,5-6,9,11-12H,4,7-8,10H2,1-2H3,(H2,23,31)(H2,24,25,27,28). The Hall–Kier alpha value is -3.60. The molecule has 164 valence electrons. The monoisotopic (exact) mass is 430 g/mol. The number of amides is 1. The lowest BCUT2D eigenvalue weighted by Crippen LogP contribution is -2.17. The van der Waals surface area contributed by atoms with Gasteiger partial charge in [0.15, 0.2) is 0 Å². The molecule has 0 saturated carbocycles. The maximum atomic E-state index is 13.9. The number of carbonyl (C=O) groups excluding carboxylic acids is 1. The molecule has 4 N–H and O–H groups in total. The molecule has 0 saturated heterocycles. The second kappa shape index (κ2) is 9.94. The van der Waals surface area contributed by atoms with Crippen LogP contribution in [0.1, 0.15) is 22.3 Å². The van der Waals surface area contributed by atoms with E-state index in [0.29, 0.717) is 5.69 Å². The van der Waals surface area contributed by atoms with Crippen molar-refractivity contribution in [3.63, 3.8) is 0 Å². The fourth-order valence-electron chi connectivity index (χ4n) is 2.86. The Morgan fingerprint density at radius 2 is 1.97 bits per heavy atom. The lowest BCUT2D eigenvalue weighted by molar-refractivity contribution is 0.100. The lowest BCUT2D eigenvalue weighted by Gasteiger charge is -2.12. The summed E-state index contributed by atoms with van der Waals surface area (Å²) in [6, 6.07) is 3.58. The highest BCUT2D eigenvalue weighted by molar-refractivity contribution is 5.97. The molecule has 3 aromatic rings. The minimum absolute atomic E-state index is 0.00155. The normalized spacial score (nSPS) is 11.0. The van der Waals surface area contributed by atoms with Gasteiger partial charge in [0.25, 0.3) is 5.91 Å². The van der Waals surface area contributed by atoms with Gasteiger partial charge in [-0.2, -0.15) is 10.1 Å². The van der Waals surface area contributed by atoms with Crippen molar-refractivity contribution in [3.8, 4) is 0 Å². The Labute approximate surface area is 178 Å². The van der Waals surface area contributed by atoms with Crippen molar-refractivity contribution in [2.24, 2.45) is 5.73 Å². The van der Waals surface area contributed by atoms with Crippen molar-refractivity contribution >= 4 is 23.4 Å². The molecule has 31 heavy (non-hydrogen) atoms. The van der Waals surface area contributed by atoms with Gasteiger partial charge in [0, 0.05) is 31.0 Å². The van der Waals surface area contributed by atoms with Gasteiger partial charge in [0.1, 0.15) is 17.5 Å². The van der Waals surface area contributed by atoms with Gasteiger partial charge in [-0.05, 0) is 39.2 Å². The van der Waals surface area contributed by atoms with Crippen molar-refractivity contribution in [2.45, 2.75) is 19.5 Å². The Kier molecular flexibility index (Phi) is 7.08. The number of anilines is 3. The highest BCUT2D eigenvalue weighted by atomic mass is 19.1. The maximum Gasteiger partial charge on any atom is 0.254 e. The number of nitrogens with zero attached hydrogens (tertiary/aromatic N) is 5. The molecule has 2 heterocycles. The molecule has 0 fully saturated rings. The van der Waals surface area contributed by atoms with Crippen molar-refractivity contribution in [1.82, 2.24) is 24.6 Å². The molecule has 9 nitrogen and oxygen atoms in total. The molecule has 0 radical (unpaired) electrons. The van der Waals surface area contributed by atoms with E-state index in [1.807, 2.05) is 20.3 Å². The number of hydrogen-bond donors (Lipinski definition) is 3. The number of primary amides is 1. The van der Waals surface area contributed by atoms with Crippen LogP contribution < -0.4 is 16.4 Å². The summed E-state index contributed by atoms with van der Waals surface area (Å²) in [4.78, 5) is 22.1. The Bertz CT molecular complexity index is 1030. The van der Waals surface area contributed by atoms with Crippen LogP contribution in [-0.2, 0) is 13.1 Å². The van der Waals surface area contributed by atoms with E-state index < -0.39 is 17.5 Å². The predicted molar refractivity (Wildman–Crippen MR) is 113 cm³/mol. The van der Waals surface area contributed by atoms with E-state index >= 15 is 0 Å². The molecule has 2 aromatic heterocycles. The predicted octanol–water partition coefficient (Wildman–Crippen LogP) is 2.36. The van der Waals surface area contributed by atoms with Gasteiger partial charge in [-0.1, -0.05) is 6.07 Å². The molecule has 11 heteroatoms. The average Bonchev–Trinajstić information content (AvgIpc) is 3.14. The summed E-state index contributed by atoms with van der Waals surface area (Å²) in [5.74, 6) is -1.94. The van der Waals surface area contributed by atoms with Crippen molar-refractivity contribution in [2.75, 3.05) is 31.3 Å². The summed E-state index contributed by atoms with van der Waals surface area (Å²) >= 11 is 0. The van der Waals surface area contributed by atoms with Crippen LogP contribution in [0.25, 0.3) is 0 Å². The molecule has 0 unspecified atom stereocenters. The number of benzene rings is 1. The van der Waals surface area contributed by atoms with E-state index in [1.165, 1.54) is 12.3 Å². The van der Waals surface area contributed by atoms with Gasteiger partial charge in [-0.25, -0.2) is 13.8 Å². The number of aromatic nitrogens is 4. The number of carbonyl (C=O) groups is 1. The van der Waals surface area contributed by atoms with E-state index in [4.69, 9.17) is 5.73 Å². The fourth-order valence-corrected chi connectivity index (χ4v) is 2.86. The second-order valence-corrected chi connectivity index (χ2v) is 7.15. The molecular weight excluding hydrogens is 406 g/mol. The highest BCUT2D eigenvalue weighted by Crippen LogP contribution is 2.19. The van der Waals surface area contributed by atoms with Gasteiger partial charge >= 0.3 is 0 Å². The topological polar surface area (TPSA) is 114 Å². The number of nitrogens with two attached hydrogens (primary N) is 1. The Morgan fingerprint density at radius 1 is 1.23 bits per heavy atom. The molecule has 0 spiro atoms. The van der Waals surface area contributed by atoms with Crippen LogP contribution in [0.3, 0.4) is 0 Å². The number of nitrogens with one attached hydrogen (secondary N) is 2. The first-order valence-electron chi connectivity index (χ1n) is 9.61. The molecule has 3 rings (SSSR count). The highest BCUT2D eigenvalue weighted by Gasteiger charge is 2.15. The maximum absolute atomic E-state index is 13.9. The van der Waals surface area contributed by atoms with Crippen LogP contribution >= 0.6 is 0 Å². The first-order chi connectivity index (χ1) is 14.8. The third kappa shape index (κ3) is 5.95. The molecular formula is C20H24F2N8O. The van der Waals surface area contributed by atoms with Crippen molar-refractivity contribution in [1.29, 1.82) is 0 Å². The SMILES string of the molecule is CN(C)CCCn1cc(Nc2ncc(C(N)=O)c(NCc3c(F)cccc3F)n2)cn1. The molecule has 1 amide bonds. The van der Waals surface area contributed by atoms with Crippen LogP contribution in [0.15, 0.2) is 36.8 Å². The zero-order chi connectivity index (χ0) is 22.4. The molecule has 0 atom stereocenters. The summed E-state index contributed by atoms with van der Waals surface area (Å²) in [7, 11) is 4.02. The summed E-state index contributed by atoms with van der Waals surface area (Å²) in [6.07, 6.45) is 5.63. The summed E-state index contributed by atoms with van der Waals surface area (Å²) < 4.78 is 29.6. The molecule has 1 aromatic carbocycles. The molecule has 0 aliphatic carbocycles. The van der Waals surface area contributed by atoms with Gasteiger partial charge in [-0.3, -0.25) is 9.48 Å². The van der Waals surface area contributed by atoms with E-state index in [0.717, 1.165) is 31.6 Å². The number of hydrogen-bond acceptors (Lipinski definition) is 7. The minimum Gasteiger partial charge on any atom is -0.365 e. The number of aryl methyl sites for hydroxylation is 1. The van der Waals surface area contributed by atoms with E-state index in [2.05, 4.69) is 30.6 Å². The fraction of sp³-hybridized carbons (Fsp3) is 0.300. The molecule has 0 aliphatic heterocycles. The molecule has 0 bridgehead atoms.